The Labute approximate surface area is 133 Å². The van der Waals surface area contributed by atoms with Gasteiger partial charge in [-0.05, 0) is 37.8 Å². The highest BCUT2D eigenvalue weighted by Crippen LogP contribution is 2.41. The van der Waals surface area contributed by atoms with Gasteiger partial charge in [-0.1, -0.05) is 31.9 Å². The number of rotatable bonds is 8. The SMILES string of the molecule is COCCn1ncc(Cl)c1C1CCCC1CNCC(C)C. The number of nitrogens with one attached hydrogen (secondary N) is 1. The molecule has 0 spiro atoms. The summed E-state index contributed by atoms with van der Waals surface area (Å²) in [6, 6.07) is 0. The third kappa shape index (κ3) is 4.44. The predicted molar refractivity (Wildman–Crippen MR) is 86.9 cm³/mol. The van der Waals surface area contributed by atoms with Gasteiger partial charge in [-0.3, -0.25) is 4.68 Å². The second kappa shape index (κ2) is 8.16. The maximum atomic E-state index is 6.41. The average molecular weight is 314 g/mol. The van der Waals surface area contributed by atoms with E-state index in [0.717, 1.165) is 24.7 Å². The van der Waals surface area contributed by atoms with Crippen molar-refractivity contribution in [3.05, 3.63) is 16.9 Å². The van der Waals surface area contributed by atoms with Crippen molar-refractivity contribution in [2.24, 2.45) is 11.8 Å². The van der Waals surface area contributed by atoms with Gasteiger partial charge in [-0.2, -0.15) is 5.10 Å². The van der Waals surface area contributed by atoms with Crippen LogP contribution in [0.4, 0.5) is 0 Å². The summed E-state index contributed by atoms with van der Waals surface area (Å²) in [6.07, 6.45) is 5.56. The normalized spacial score (nSPS) is 22.3. The minimum atomic E-state index is 0.525. The van der Waals surface area contributed by atoms with Crippen LogP contribution in [0.25, 0.3) is 0 Å². The summed E-state index contributed by atoms with van der Waals surface area (Å²) in [5.41, 5.74) is 1.21. The molecule has 0 radical (unpaired) electrons. The van der Waals surface area contributed by atoms with E-state index in [-0.39, 0.29) is 0 Å². The van der Waals surface area contributed by atoms with E-state index in [1.807, 2.05) is 4.68 Å². The molecule has 1 aromatic heterocycles. The Hall–Kier alpha value is -0.580. The molecule has 5 heteroatoms. The van der Waals surface area contributed by atoms with Gasteiger partial charge in [0.1, 0.15) is 0 Å². The van der Waals surface area contributed by atoms with Crippen LogP contribution >= 0.6 is 11.6 Å². The molecule has 1 fully saturated rings. The monoisotopic (exact) mass is 313 g/mol. The van der Waals surface area contributed by atoms with Crippen molar-refractivity contribution in [3.63, 3.8) is 0 Å². The molecule has 1 aliphatic rings. The molecule has 0 aliphatic heterocycles. The van der Waals surface area contributed by atoms with E-state index in [9.17, 15) is 0 Å². The lowest BCUT2D eigenvalue weighted by molar-refractivity contribution is 0.181. The van der Waals surface area contributed by atoms with E-state index < -0.39 is 0 Å². The lowest BCUT2D eigenvalue weighted by atomic mass is 9.92. The van der Waals surface area contributed by atoms with Gasteiger partial charge in [0.05, 0.1) is 30.1 Å². The molecule has 2 unspecified atom stereocenters. The molecular formula is C16H28ClN3O. The minimum absolute atomic E-state index is 0.525. The van der Waals surface area contributed by atoms with Crippen molar-refractivity contribution in [3.8, 4) is 0 Å². The van der Waals surface area contributed by atoms with Crippen molar-refractivity contribution in [2.45, 2.75) is 45.6 Å². The third-order valence-electron chi connectivity index (χ3n) is 4.31. The molecule has 1 aromatic rings. The Morgan fingerprint density at radius 1 is 1.48 bits per heavy atom. The first-order valence-corrected chi connectivity index (χ1v) is 8.42. The van der Waals surface area contributed by atoms with Gasteiger partial charge >= 0.3 is 0 Å². The topological polar surface area (TPSA) is 39.1 Å². The van der Waals surface area contributed by atoms with E-state index in [2.05, 4.69) is 24.3 Å². The van der Waals surface area contributed by atoms with Crippen LogP contribution in [0.2, 0.25) is 5.02 Å². The van der Waals surface area contributed by atoms with E-state index >= 15 is 0 Å². The number of ether oxygens (including phenoxy) is 1. The second-order valence-electron chi connectivity index (χ2n) is 6.44. The van der Waals surface area contributed by atoms with Crippen LogP contribution < -0.4 is 5.32 Å². The molecule has 0 bridgehead atoms. The zero-order valence-corrected chi connectivity index (χ0v) is 14.2. The first-order chi connectivity index (χ1) is 10.1. The number of aromatic nitrogens is 2. The summed E-state index contributed by atoms with van der Waals surface area (Å²) < 4.78 is 7.21. The van der Waals surface area contributed by atoms with Crippen molar-refractivity contribution < 1.29 is 4.74 Å². The van der Waals surface area contributed by atoms with Crippen molar-refractivity contribution in [1.29, 1.82) is 0 Å². The number of hydrogen-bond donors (Lipinski definition) is 1. The van der Waals surface area contributed by atoms with Crippen LogP contribution in [0.1, 0.15) is 44.7 Å². The summed E-state index contributed by atoms with van der Waals surface area (Å²) in [5.74, 6) is 1.89. The highest BCUT2D eigenvalue weighted by Gasteiger charge is 2.32. The van der Waals surface area contributed by atoms with Gasteiger partial charge in [-0.25, -0.2) is 0 Å². The molecule has 4 nitrogen and oxygen atoms in total. The molecule has 1 heterocycles. The Morgan fingerprint density at radius 3 is 3.00 bits per heavy atom. The third-order valence-corrected chi connectivity index (χ3v) is 4.60. The maximum absolute atomic E-state index is 6.41. The molecule has 2 atom stereocenters. The summed E-state index contributed by atoms with van der Waals surface area (Å²) in [4.78, 5) is 0. The first kappa shape index (κ1) is 16.8. The van der Waals surface area contributed by atoms with Crippen molar-refractivity contribution in [1.82, 2.24) is 15.1 Å². The first-order valence-electron chi connectivity index (χ1n) is 8.04. The van der Waals surface area contributed by atoms with E-state index in [1.54, 1.807) is 13.3 Å². The van der Waals surface area contributed by atoms with Gasteiger partial charge in [-0.15, -0.1) is 0 Å². The number of nitrogens with zero attached hydrogens (tertiary/aromatic N) is 2. The van der Waals surface area contributed by atoms with Gasteiger partial charge in [0.25, 0.3) is 0 Å². The zero-order valence-electron chi connectivity index (χ0n) is 13.4. The van der Waals surface area contributed by atoms with Crippen molar-refractivity contribution in [2.75, 3.05) is 26.8 Å². The zero-order chi connectivity index (χ0) is 15.2. The molecule has 1 saturated carbocycles. The van der Waals surface area contributed by atoms with E-state index in [1.165, 1.54) is 25.0 Å². The van der Waals surface area contributed by atoms with Gasteiger partial charge in [0, 0.05) is 13.0 Å². The van der Waals surface area contributed by atoms with Crippen LogP contribution in [0.15, 0.2) is 6.20 Å². The lowest BCUT2D eigenvalue weighted by Crippen LogP contribution is -2.28. The highest BCUT2D eigenvalue weighted by molar-refractivity contribution is 6.31. The lowest BCUT2D eigenvalue weighted by Gasteiger charge is -2.22. The molecule has 0 amide bonds. The van der Waals surface area contributed by atoms with Gasteiger partial charge < -0.3 is 10.1 Å². The molecule has 0 aromatic carbocycles. The Bertz CT molecular complexity index is 433. The Kier molecular flexibility index (Phi) is 6.52. The largest absolute Gasteiger partial charge is 0.383 e. The molecule has 1 N–H and O–H groups in total. The smallest absolute Gasteiger partial charge is 0.0820 e. The average Bonchev–Trinajstić information content (AvgIpc) is 3.02. The fraction of sp³-hybridized carbons (Fsp3) is 0.812. The number of halogens is 1. The molecule has 2 rings (SSSR count). The van der Waals surface area contributed by atoms with Crippen LogP contribution in [-0.4, -0.2) is 36.6 Å². The van der Waals surface area contributed by atoms with Gasteiger partial charge in [0.2, 0.25) is 0 Å². The molecular weight excluding hydrogens is 286 g/mol. The number of methoxy groups -OCH3 is 1. The van der Waals surface area contributed by atoms with E-state index in [0.29, 0.717) is 24.4 Å². The molecule has 120 valence electrons. The van der Waals surface area contributed by atoms with Crippen LogP contribution in [0, 0.1) is 11.8 Å². The summed E-state index contributed by atoms with van der Waals surface area (Å²) >= 11 is 6.41. The number of hydrogen-bond acceptors (Lipinski definition) is 3. The maximum Gasteiger partial charge on any atom is 0.0820 e. The second-order valence-corrected chi connectivity index (χ2v) is 6.85. The fourth-order valence-corrected chi connectivity index (χ4v) is 3.58. The highest BCUT2D eigenvalue weighted by atomic mass is 35.5. The quantitative estimate of drug-likeness (QED) is 0.800. The predicted octanol–water partition coefficient (Wildman–Crippen LogP) is 3.31. The standard InChI is InChI=1S/C16H28ClN3O/c1-12(2)9-18-10-13-5-4-6-14(13)16-15(17)11-19-20(16)7-8-21-3/h11-14,18H,4-10H2,1-3H3. The van der Waals surface area contributed by atoms with Gasteiger partial charge in [0.15, 0.2) is 0 Å². The van der Waals surface area contributed by atoms with Crippen LogP contribution in [0.5, 0.6) is 0 Å². The minimum Gasteiger partial charge on any atom is -0.383 e. The molecule has 21 heavy (non-hydrogen) atoms. The Morgan fingerprint density at radius 2 is 2.29 bits per heavy atom. The Balaban J connectivity index is 2.03. The van der Waals surface area contributed by atoms with Crippen molar-refractivity contribution >= 4 is 11.6 Å². The van der Waals surface area contributed by atoms with Crippen LogP contribution in [0.3, 0.4) is 0 Å². The summed E-state index contributed by atoms with van der Waals surface area (Å²) in [7, 11) is 1.72. The summed E-state index contributed by atoms with van der Waals surface area (Å²) in [6.45, 7) is 8.11. The summed E-state index contributed by atoms with van der Waals surface area (Å²) in [5, 5.41) is 8.84. The van der Waals surface area contributed by atoms with E-state index in [4.69, 9.17) is 16.3 Å². The van der Waals surface area contributed by atoms with Crippen LogP contribution in [-0.2, 0) is 11.3 Å². The molecule has 1 aliphatic carbocycles. The molecule has 0 saturated heterocycles. The fourth-order valence-electron chi connectivity index (χ4n) is 3.30.